The van der Waals surface area contributed by atoms with Crippen molar-refractivity contribution >= 4 is 28.8 Å². The van der Waals surface area contributed by atoms with E-state index in [-0.39, 0.29) is 11.6 Å². The van der Waals surface area contributed by atoms with Gasteiger partial charge in [0.05, 0.1) is 17.2 Å². The third kappa shape index (κ3) is 2.53. The highest BCUT2D eigenvalue weighted by atomic mass is 16.4. The van der Waals surface area contributed by atoms with E-state index < -0.39 is 5.97 Å². The Hall–Kier alpha value is -3.33. The first kappa shape index (κ1) is 12.7. The number of aromatic nitrogens is 1. The largest absolute Gasteiger partial charge is 0.478 e. The Morgan fingerprint density at radius 1 is 1.29 bits per heavy atom. The normalized spacial score (nSPS) is 10.2. The summed E-state index contributed by atoms with van der Waals surface area (Å²) < 4.78 is 5.47. The molecule has 0 spiro atoms. The monoisotopic (exact) mass is 279 g/mol. The molecule has 6 nitrogen and oxygen atoms in total. The number of hydrogen-bond acceptors (Lipinski definition) is 5. The van der Waals surface area contributed by atoms with Gasteiger partial charge in [0.15, 0.2) is 5.58 Å². The number of carboxylic acids is 1. The highest BCUT2D eigenvalue weighted by Gasteiger charge is 2.10. The molecule has 0 aliphatic rings. The second kappa shape index (κ2) is 4.98. The number of carboxylic acid groups (broad SMARTS) is 1. The number of hydrogen-bond donors (Lipinski definition) is 2. The zero-order chi connectivity index (χ0) is 14.8. The van der Waals surface area contributed by atoms with E-state index >= 15 is 0 Å². The van der Waals surface area contributed by atoms with Crippen molar-refractivity contribution in [2.75, 3.05) is 5.32 Å². The van der Waals surface area contributed by atoms with E-state index in [4.69, 9.17) is 14.8 Å². The Kier molecular flexibility index (Phi) is 3.01. The maximum Gasteiger partial charge on any atom is 0.335 e. The molecule has 0 bridgehead atoms. The molecule has 2 aromatic carbocycles. The topological polar surface area (TPSA) is 99.2 Å². The summed E-state index contributed by atoms with van der Waals surface area (Å²) in [7, 11) is 0. The van der Waals surface area contributed by atoms with Crippen LogP contribution >= 0.6 is 0 Å². The Bertz CT molecular complexity index is 877. The quantitative estimate of drug-likeness (QED) is 0.764. The first-order valence-electron chi connectivity index (χ1n) is 6.07. The fourth-order valence-corrected chi connectivity index (χ4v) is 1.90. The highest BCUT2D eigenvalue weighted by Crippen LogP contribution is 2.23. The maximum atomic E-state index is 10.9. The third-order valence-electron chi connectivity index (χ3n) is 2.88. The van der Waals surface area contributed by atoms with Crippen LogP contribution < -0.4 is 5.32 Å². The fraction of sp³-hybridized carbons (Fsp3) is 0. The zero-order valence-electron chi connectivity index (χ0n) is 10.7. The number of nitrogens with zero attached hydrogens (tertiary/aromatic N) is 2. The van der Waals surface area contributed by atoms with Crippen LogP contribution in [0, 0.1) is 11.3 Å². The average Bonchev–Trinajstić information content (AvgIpc) is 2.88. The van der Waals surface area contributed by atoms with E-state index in [1.807, 2.05) is 6.07 Å². The van der Waals surface area contributed by atoms with E-state index in [1.165, 1.54) is 12.1 Å². The van der Waals surface area contributed by atoms with E-state index in [0.29, 0.717) is 22.4 Å². The smallest absolute Gasteiger partial charge is 0.335 e. The minimum Gasteiger partial charge on any atom is -0.478 e. The first-order chi connectivity index (χ1) is 10.2. The molecule has 3 aromatic rings. The minimum atomic E-state index is -1.02. The highest BCUT2D eigenvalue weighted by molar-refractivity contribution is 5.92. The summed E-state index contributed by atoms with van der Waals surface area (Å²) in [6, 6.07) is 13.6. The van der Waals surface area contributed by atoms with Crippen molar-refractivity contribution in [2.45, 2.75) is 0 Å². The molecule has 0 fully saturated rings. The summed E-state index contributed by atoms with van der Waals surface area (Å²) in [6.45, 7) is 0. The Balaban J connectivity index is 1.94. The van der Waals surface area contributed by atoms with Crippen molar-refractivity contribution in [1.29, 1.82) is 5.26 Å². The Morgan fingerprint density at radius 3 is 2.90 bits per heavy atom. The number of nitrogens with one attached hydrogen (secondary N) is 1. The molecule has 0 unspecified atom stereocenters. The molecular formula is C15H9N3O3. The van der Waals surface area contributed by atoms with Gasteiger partial charge in [0, 0.05) is 5.69 Å². The van der Waals surface area contributed by atoms with Crippen LogP contribution in [0.5, 0.6) is 0 Å². The minimum absolute atomic E-state index is 0.136. The second-order valence-electron chi connectivity index (χ2n) is 4.32. The van der Waals surface area contributed by atoms with Gasteiger partial charge in [-0.05, 0) is 36.4 Å². The van der Waals surface area contributed by atoms with E-state index in [0.717, 1.165) is 0 Å². The average molecular weight is 279 g/mol. The summed E-state index contributed by atoms with van der Waals surface area (Å²) in [5.41, 5.74) is 2.26. The molecule has 0 saturated heterocycles. The lowest BCUT2D eigenvalue weighted by Crippen LogP contribution is -1.94. The predicted molar refractivity (Wildman–Crippen MR) is 75.4 cm³/mol. The van der Waals surface area contributed by atoms with Gasteiger partial charge < -0.3 is 14.8 Å². The Labute approximate surface area is 119 Å². The van der Waals surface area contributed by atoms with Gasteiger partial charge >= 0.3 is 5.97 Å². The van der Waals surface area contributed by atoms with Crippen LogP contribution in [0.25, 0.3) is 11.1 Å². The molecule has 6 heteroatoms. The summed E-state index contributed by atoms with van der Waals surface area (Å²) >= 11 is 0. The molecule has 1 aromatic heterocycles. The van der Waals surface area contributed by atoms with Gasteiger partial charge in [0.25, 0.3) is 6.01 Å². The van der Waals surface area contributed by atoms with Crippen molar-refractivity contribution in [3.63, 3.8) is 0 Å². The molecule has 21 heavy (non-hydrogen) atoms. The van der Waals surface area contributed by atoms with E-state index in [1.54, 1.807) is 30.3 Å². The molecule has 0 amide bonds. The van der Waals surface area contributed by atoms with Crippen LogP contribution in [-0.2, 0) is 0 Å². The van der Waals surface area contributed by atoms with Crippen molar-refractivity contribution in [1.82, 2.24) is 4.98 Å². The van der Waals surface area contributed by atoms with Gasteiger partial charge in [-0.2, -0.15) is 10.2 Å². The molecule has 0 atom stereocenters. The molecule has 0 saturated carbocycles. The van der Waals surface area contributed by atoms with E-state index in [9.17, 15) is 4.79 Å². The molecule has 0 radical (unpaired) electrons. The lowest BCUT2D eigenvalue weighted by molar-refractivity contribution is 0.0697. The lowest BCUT2D eigenvalue weighted by Gasteiger charge is -2.00. The number of anilines is 2. The summed E-state index contributed by atoms with van der Waals surface area (Å²) in [5, 5.41) is 20.7. The van der Waals surface area contributed by atoms with Crippen LogP contribution in [0.4, 0.5) is 11.7 Å². The molecule has 102 valence electrons. The van der Waals surface area contributed by atoms with Crippen molar-refractivity contribution in [3.8, 4) is 6.07 Å². The zero-order valence-corrected chi connectivity index (χ0v) is 10.7. The fourth-order valence-electron chi connectivity index (χ4n) is 1.90. The van der Waals surface area contributed by atoms with Gasteiger partial charge in [-0.3, -0.25) is 0 Å². The van der Waals surface area contributed by atoms with Gasteiger partial charge in [0.1, 0.15) is 5.52 Å². The van der Waals surface area contributed by atoms with Crippen LogP contribution in [0.2, 0.25) is 0 Å². The van der Waals surface area contributed by atoms with Crippen molar-refractivity contribution in [2.24, 2.45) is 0 Å². The van der Waals surface area contributed by atoms with Crippen molar-refractivity contribution < 1.29 is 14.3 Å². The molecule has 0 aliphatic heterocycles. The van der Waals surface area contributed by atoms with Crippen LogP contribution in [0.3, 0.4) is 0 Å². The van der Waals surface area contributed by atoms with Gasteiger partial charge in [-0.15, -0.1) is 0 Å². The summed E-state index contributed by atoms with van der Waals surface area (Å²) in [5.74, 6) is -1.02. The molecule has 3 rings (SSSR count). The third-order valence-corrected chi connectivity index (χ3v) is 2.88. The molecule has 0 aliphatic carbocycles. The molecule has 1 heterocycles. The summed E-state index contributed by atoms with van der Waals surface area (Å²) in [4.78, 5) is 15.1. The van der Waals surface area contributed by atoms with Gasteiger partial charge in [0.2, 0.25) is 0 Å². The van der Waals surface area contributed by atoms with E-state index in [2.05, 4.69) is 10.3 Å². The number of carbonyl (C=O) groups is 1. The second-order valence-corrected chi connectivity index (χ2v) is 4.32. The van der Waals surface area contributed by atoms with Crippen LogP contribution in [-0.4, -0.2) is 16.1 Å². The van der Waals surface area contributed by atoms with Crippen LogP contribution in [0.1, 0.15) is 15.9 Å². The molecular weight excluding hydrogens is 270 g/mol. The number of oxazole rings is 1. The standard InChI is InChI=1S/C15H9N3O3/c16-8-9-2-1-3-11(6-9)17-15-18-12-5-4-10(14(19)20)7-13(12)21-15/h1-7H,(H,17,18)(H,19,20). The SMILES string of the molecule is N#Cc1cccc(Nc2nc3ccc(C(=O)O)cc3o2)c1. The number of fused-ring (bicyclic) bond motifs is 1. The summed E-state index contributed by atoms with van der Waals surface area (Å²) in [6.07, 6.45) is 0. The Morgan fingerprint density at radius 2 is 2.14 bits per heavy atom. The van der Waals surface area contributed by atoms with Crippen molar-refractivity contribution in [3.05, 3.63) is 53.6 Å². The predicted octanol–water partition coefficient (Wildman–Crippen LogP) is 3.14. The number of aromatic carboxylic acids is 1. The molecule has 2 N–H and O–H groups in total. The van der Waals surface area contributed by atoms with Crippen LogP contribution in [0.15, 0.2) is 46.9 Å². The van der Waals surface area contributed by atoms with Gasteiger partial charge in [-0.25, -0.2) is 4.79 Å². The number of rotatable bonds is 3. The van der Waals surface area contributed by atoms with Gasteiger partial charge in [-0.1, -0.05) is 6.07 Å². The number of nitriles is 1. The first-order valence-corrected chi connectivity index (χ1v) is 6.07. The number of benzene rings is 2. The maximum absolute atomic E-state index is 10.9. The lowest BCUT2D eigenvalue weighted by atomic mass is 10.2.